The molecule has 0 radical (unpaired) electrons. The predicted molar refractivity (Wildman–Crippen MR) is 105 cm³/mol. The van der Waals surface area contributed by atoms with Crippen molar-refractivity contribution in [2.24, 2.45) is 0 Å². The maximum Gasteiger partial charge on any atom is 0.257 e. The van der Waals surface area contributed by atoms with Crippen molar-refractivity contribution in [3.05, 3.63) is 11.5 Å². The van der Waals surface area contributed by atoms with Crippen molar-refractivity contribution in [3.8, 4) is 0 Å². The predicted octanol–water partition coefficient (Wildman–Crippen LogP) is 4.50. The molecule has 1 atom stereocenters. The second-order valence-electron chi connectivity index (χ2n) is 6.58. The topological polar surface area (TPSA) is 55.4 Å². The van der Waals surface area contributed by atoms with Crippen LogP contribution in [0.25, 0.3) is 0 Å². The number of rotatable bonds is 13. The van der Waals surface area contributed by atoms with Crippen molar-refractivity contribution in [1.82, 2.24) is 5.32 Å². The van der Waals surface area contributed by atoms with Gasteiger partial charge in [-0.2, -0.15) is 0 Å². The zero-order chi connectivity index (χ0) is 17.7. The van der Waals surface area contributed by atoms with Crippen molar-refractivity contribution >= 4 is 27.2 Å². The Bertz CT molecular complexity index is 475. The van der Waals surface area contributed by atoms with Crippen LogP contribution in [0.4, 0.5) is 0 Å². The van der Waals surface area contributed by atoms with Crippen molar-refractivity contribution in [2.75, 3.05) is 12.4 Å². The van der Waals surface area contributed by atoms with Crippen LogP contribution in [0.1, 0.15) is 77.6 Å². The summed E-state index contributed by atoms with van der Waals surface area (Å²) in [5, 5.41) is 4.45. The first kappa shape index (κ1) is 21.4. The SMILES string of the molecule is CCCCCCCCCCCCCOC(=S)NC1C=CS(=O)(=O)C1. The molecule has 0 saturated carbocycles. The van der Waals surface area contributed by atoms with E-state index in [0.29, 0.717) is 11.8 Å². The van der Waals surface area contributed by atoms with Gasteiger partial charge < -0.3 is 10.1 Å². The number of hydrogen-bond donors (Lipinski definition) is 1. The minimum atomic E-state index is -3.05. The van der Waals surface area contributed by atoms with E-state index in [4.69, 9.17) is 17.0 Å². The first-order chi connectivity index (χ1) is 11.5. The molecular weight excluding hydrogens is 342 g/mol. The number of ether oxygens (including phenoxy) is 1. The zero-order valence-corrected chi connectivity index (χ0v) is 16.6. The molecule has 1 unspecified atom stereocenters. The maximum atomic E-state index is 11.3. The highest BCUT2D eigenvalue weighted by Crippen LogP contribution is 2.11. The van der Waals surface area contributed by atoms with Crippen LogP contribution in [0, 0.1) is 0 Å². The highest BCUT2D eigenvalue weighted by atomic mass is 32.2. The first-order valence-electron chi connectivity index (χ1n) is 9.38. The van der Waals surface area contributed by atoms with Crippen LogP contribution in [0.5, 0.6) is 0 Å². The fourth-order valence-electron chi connectivity index (χ4n) is 2.79. The molecule has 0 aliphatic carbocycles. The second kappa shape index (κ2) is 12.7. The Labute approximate surface area is 153 Å². The van der Waals surface area contributed by atoms with E-state index in [-0.39, 0.29) is 11.8 Å². The summed E-state index contributed by atoms with van der Waals surface area (Å²) in [6, 6.07) is -0.250. The Balaban J connectivity index is 1.85. The fraction of sp³-hybridized carbons (Fsp3) is 0.833. The minimum absolute atomic E-state index is 0.0644. The Hall–Kier alpha value is -0.620. The average Bonchev–Trinajstić information content (AvgIpc) is 2.87. The monoisotopic (exact) mass is 375 g/mol. The zero-order valence-electron chi connectivity index (χ0n) is 15.0. The highest BCUT2D eigenvalue weighted by Gasteiger charge is 2.22. The van der Waals surface area contributed by atoms with Gasteiger partial charge in [0.25, 0.3) is 5.17 Å². The van der Waals surface area contributed by atoms with Gasteiger partial charge in [-0.15, -0.1) is 0 Å². The third-order valence-electron chi connectivity index (χ3n) is 4.21. The van der Waals surface area contributed by atoms with Crippen LogP contribution < -0.4 is 5.32 Å². The molecule has 24 heavy (non-hydrogen) atoms. The van der Waals surface area contributed by atoms with Gasteiger partial charge in [0, 0.05) is 5.41 Å². The molecule has 4 nitrogen and oxygen atoms in total. The van der Waals surface area contributed by atoms with Gasteiger partial charge in [0.2, 0.25) is 0 Å². The first-order valence-corrected chi connectivity index (χ1v) is 11.5. The van der Waals surface area contributed by atoms with Gasteiger partial charge in [-0.1, -0.05) is 71.1 Å². The van der Waals surface area contributed by atoms with Gasteiger partial charge in [-0.25, -0.2) is 8.42 Å². The summed E-state index contributed by atoms with van der Waals surface area (Å²) in [6.07, 6.45) is 15.9. The molecule has 140 valence electrons. The third kappa shape index (κ3) is 11.0. The van der Waals surface area contributed by atoms with E-state index in [1.54, 1.807) is 6.08 Å². The Morgan fingerprint density at radius 1 is 1.04 bits per heavy atom. The van der Waals surface area contributed by atoms with Crippen LogP contribution >= 0.6 is 12.2 Å². The van der Waals surface area contributed by atoms with E-state index < -0.39 is 9.84 Å². The lowest BCUT2D eigenvalue weighted by Crippen LogP contribution is -2.35. The van der Waals surface area contributed by atoms with Gasteiger partial charge in [-0.05, 0) is 24.7 Å². The number of thiocarbonyl (C=S) groups is 1. The summed E-state index contributed by atoms with van der Waals surface area (Å²) in [5.41, 5.74) is 0. The van der Waals surface area contributed by atoms with Crippen LogP contribution in [0.15, 0.2) is 11.5 Å². The summed E-state index contributed by atoms with van der Waals surface area (Å²) >= 11 is 5.08. The van der Waals surface area contributed by atoms with Gasteiger partial charge in [0.15, 0.2) is 9.84 Å². The fourth-order valence-corrected chi connectivity index (χ4v) is 4.26. The molecule has 0 fully saturated rings. The molecule has 0 spiro atoms. The summed E-state index contributed by atoms with van der Waals surface area (Å²) < 4.78 is 28.0. The molecule has 1 heterocycles. The number of sulfone groups is 1. The Morgan fingerprint density at radius 2 is 1.58 bits per heavy atom. The summed E-state index contributed by atoms with van der Waals surface area (Å²) in [4.78, 5) is 0. The molecule has 6 heteroatoms. The van der Waals surface area contributed by atoms with Crippen molar-refractivity contribution < 1.29 is 13.2 Å². The van der Waals surface area contributed by atoms with Crippen LogP contribution in [-0.4, -0.2) is 32.0 Å². The third-order valence-corrected chi connectivity index (χ3v) is 5.85. The number of nitrogens with one attached hydrogen (secondary N) is 1. The molecule has 1 rings (SSSR count). The second-order valence-corrected chi connectivity index (χ2v) is 8.88. The van der Waals surface area contributed by atoms with Crippen LogP contribution in [0.3, 0.4) is 0 Å². The number of hydrogen-bond acceptors (Lipinski definition) is 4. The highest BCUT2D eigenvalue weighted by molar-refractivity contribution is 7.94. The number of unbranched alkanes of at least 4 members (excludes halogenated alkanes) is 10. The van der Waals surface area contributed by atoms with Crippen molar-refractivity contribution in [3.63, 3.8) is 0 Å². The smallest absolute Gasteiger partial charge is 0.257 e. The summed E-state index contributed by atoms with van der Waals surface area (Å²) in [5.74, 6) is 0.0644. The lowest BCUT2D eigenvalue weighted by Gasteiger charge is -2.13. The Morgan fingerprint density at radius 3 is 2.08 bits per heavy atom. The van der Waals surface area contributed by atoms with Crippen LogP contribution in [-0.2, 0) is 14.6 Å². The lowest BCUT2D eigenvalue weighted by atomic mass is 10.1. The van der Waals surface area contributed by atoms with Crippen molar-refractivity contribution in [2.45, 2.75) is 83.6 Å². The Kier molecular flexibility index (Phi) is 11.3. The van der Waals surface area contributed by atoms with E-state index in [0.717, 1.165) is 12.8 Å². The quantitative estimate of drug-likeness (QED) is 0.379. The molecule has 0 bridgehead atoms. The van der Waals surface area contributed by atoms with Gasteiger partial charge in [0.05, 0.1) is 18.4 Å². The van der Waals surface area contributed by atoms with Crippen molar-refractivity contribution in [1.29, 1.82) is 0 Å². The lowest BCUT2D eigenvalue weighted by molar-refractivity contribution is 0.285. The van der Waals surface area contributed by atoms with Crippen LogP contribution in [0.2, 0.25) is 0 Å². The standard InChI is InChI=1S/C18H33NO3S2/c1-2-3-4-5-6-7-8-9-10-11-12-14-22-18(23)19-17-13-15-24(20,21)16-17/h13,15,17H,2-12,14,16H2,1H3,(H,19,23). The normalized spacial score (nSPS) is 18.6. The molecule has 0 aromatic heterocycles. The minimum Gasteiger partial charge on any atom is -0.471 e. The molecule has 0 saturated heterocycles. The van der Waals surface area contributed by atoms with Gasteiger partial charge in [0.1, 0.15) is 0 Å². The van der Waals surface area contributed by atoms with Gasteiger partial charge in [-0.3, -0.25) is 0 Å². The summed E-state index contributed by atoms with van der Waals surface area (Å²) in [7, 11) is -3.05. The van der Waals surface area contributed by atoms with E-state index in [1.807, 2.05) is 0 Å². The molecule has 0 aromatic rings. The average molecular weight is 376 g/mol. The van der Waals surface area contributed by atoms with Gasteiger partial charge >= 0.3 is 0 Å². The molecule has 1 aliphatic heterocycles. The molecule has 1 aliphatic rings. The largest absolute Gasteiger partial charge is 0.471 e. The summed E-state index contributed by atoms with van der Waals surface area (Å²) in [6.45, 7) is 2.86. The van der Waals surface area contributed by atoms with E-state index in [9.17, 15) is 8.42 Å². The molecule has 0 amide bonds. The maximum absolute atomic E-state index is 11.3. The van der Waals surface area contributed by atoms with E-state index in [2.05, 4.69) is 12.2 Å². The molecule has 0 aromatic carbocycles. The molecule has 1 N–H and O–H groups in total. The van der Waals surface area contributed by atoms with E-state index in [1.165, 1.54) is 63.2 Å². The van der Waals surface area contributed by atoms with E-state index >= 15 is 0 Å². The molecular formula is C18H33NO3S2.